The van der Waals surface area contributed by atoms with Gasteiger partial charge < -0.3 is 24.6 Å². The van der Waals surface area contributed by atoms with Gasteiger partial charge in [0.15, 0.2) is 11.5 Å². The molecule has 0 saturated carbocycles. The van der Waals surface area contributed by atoms with E-state index < -0.39 is 0 Å². The lowest BCUT2D eigenvalue weighted by Crippen LogP contribution is -2.45. The Labute approximate surface area is 168 Å². The Morgan fingerprint density at radius 2 is 1.93 bits per heavy atom. The van der Waals surface area contributed by atoms with Crippen molar-refractivity contribution in [2.24, 2.45) is 0 Å². The molecule has 3 amide bonds. The van der Waals surface area contributed by atoms with Crippen molar-refractivity contribution in [3.05, 3.63) is 48.0 Å². The number of rotatable bonds is 3. The van der Waals surface area contributed by atoms with Gasteiger partial charge in [-0.15, -0.1) is 0 Å². The Balaban J connectivity index is 1.53. The molecule has 1 N–H and O–H groups in total. The second kappa shape index (κ2) is 7.46. The van der Waals surface area contributed by atoms with Crippen molar-refractivity contribution in [3.63, 3.8) is 0 Å². The van der Waals surface area contributed by atoms with Crippen LogP contribution in [0.1, 0.15) is 23.7 Å². The summed E-state index contributed by atoms with van der Waals surface area (Å²) in [5.74, 6) is 0.382. The molecule has 0 saturated heterocycles. The topological polar surface area (TPSA) is 88.2 Å². The van der Waals surface area contributed by atoms with Crippen molar-refractivity contribution >= 4 is 29.1 Å². The SMILES string of the molecule is C[C@@H]1CC(=O)Nc2ccccc2N1C(=O)CN(C)C(=O)c1ccc2c(c1)OCO2. The lowest BCUT2D eigenvalue weighted by atomic mass is 10.1. The van der Waals surface area contributed by atoms with Gasteiger partial charge in [0.1, 0.15) is 6.54 Å². The van der Waals surface area contributed by atoms with E-state index in [-0.39, 0.29) is 43.5 Å². The highest BCUT2D eigenvalue weighted by atomic mass is 16.7. The summed E-state index contributed by atoms with van der Waals surface area (Å²) < 4.78 is 10.6. The normalized spacial score (nSPS) is 17.2. The monoisotopic (exact) mass is 395 g/mol. The largest absolute Gasteiger partial charge is 0.454 e. The minimum Gasteiger partial charge on any atom is -0.454 e. The zero-order chi connectivity index (χ0) is 20.5. The van der Waals surface area contributed by atoms with Crippen LogP contribution in [0.25, 0.3) is 0 Å². The molecule has 4 rings (SSSR count). The summed E-state index contributed by atoms with van der Waals surface area (Å²) in [6.07, 6.45) is 0.181. The number of nitrogens with one attached hydrogen (secondary N) is 1. The van der Waals surface area contributed by atoms with Crippen molar-refractivity contribution in [2.75, 3.05) is 30.6 Å². The molecule has 0 bridgehead atoms. The van der Waals surface area contributed by atoms with Gasteiger partial charge >= 0.3 is 0 Å². The van der Waals surface area contributed by atoms with E-state index >= 15 is 0 Å². The van der Waals surface area contributed by atoms with E-state index in [9.17, 15) is 14.4 Å². The molecule has 0 spiro atoms. The molecular formula is C21H21N3O5. The summed E-state index contributed by atoms with van der Waals surface area (Å²) >= 11 is 0. The van der Waals surface area contributed by atoms with Crippen LogP contribution in [-0.4, -0.2) is 49.0 Å². The Bertz CT molecular complexity index is 990. The van der Waals surface area contributed by atoms with Crippen LogP contribution >= 0.6 is 0 Å². The summed E-state index contributed by atoms with van der Waals surface area (Å²) in [6.45, 7) is 1.82. The summed E-state index contributed by atoms with van der Waals surface area (Å²) in [7, 11) is 1.57. The number of nitrogens with zero attached hydrogens (tertiary/aromatic N) is 2. The zero-order valence-corrected chi connectivity index (χ0v) is 16.2. The molecule has 0 unspecified atom stereocenters. The van der Waals surface area contributed by atoms with E-state index in [1.807, 2.05) is 13.0 Å². The van der Waals surface area contributed by atoms with Gasteiger partial charge in [-0.1, -0.05) is 12.1 Å². The number of benzene rings is 2. The van der Waals surface area contributed by atoms with Gasteiger partial charge in [0, 0.05) is 25.1 Å². The van der Waals surface area contributed by atoms with E-state index in [2.05, 4.69) is 5.32 Å². The first-order chi connectivity index (χ1) is 13.9. The summed E-state index contributed by atoms with van der Waals surface area (Å²) in [6, 6.07) is 11.7. The van der Waals surface area contributed by atoms with E-state index in [0.29, 0.717) is 28.4 Å². The minimum atomic E-state index is -0.333. The van der Waals surface area contributed by atoms with Crippen molar-refractivity contribution < 1.29 is 23.9 Å². The van der Waals surface area contributed by atoms with Crippen LogP contribution in [0.4, 0.5) is 11.4 Å². The van der Waals surface area contributed by atoms with Gasteiger partial charge in [0.2, 0.25) is 18.6 Å². The molecule has 0 radical (unpaired) electrons. The third-order valence-electron chi connectivity index (χ3n) is 4.97. The van der Waals surface area contributed by atoms with Crippen molar-refractivity contribution in [1.82, 2.24) is 4.90 Å². The first-order valence-corrected chi connectivity index (χ1v) is 9.30. The average Bonchev–Trinajstić information content (AvgIpc) is 3.11. The number of likely N-dealkylation sites (N-methyl/N-ethyl adjacent to an activating group) is 1. The van der Waals surface area contributed by atoms with Crippen LogP contribution in [0.5, 0.6) is 11.5 Å². The number of ether oxygens (including phenoxy) is 2. The first-order valence-electron chi connectivity index (χ1n) is 9.30. The van der Waals surface area contributed by atoms with E-state index in [4.69, 9.17) is 9.47 Å². The van der Waals surface area contributed by atoms with Crippen LogP contribution in [0.15, 0.2) is 42.5 Å². The number of anilines is 2. The number of fused-ring (bicyclic) bond motifs is 2. The van der Waals surface area contributed by atoms with Crippen LogP contribution in [0, 0.1) is 0 Å². The molecule has 150 valence electrons. The molecule has 8 heteroatoms. The van der Waals surface area contributed by atoms with Crippen LogP contribution < -0.4 is 19.7 Å². The molecule has 0 fully saturated rings. The Morgan fingerprint density at radius 1 is 1.17 bits per heavy atom. The van der Waals surface area contributed by atoms with Gasteiger partial charge in [0.05, 0.1) is 11.4 Å². The minimum absolute atomic E-state index is 0.125. The van der Waals surface area contributed by atoms with Crippen molar-refractivity contribution in [2.45, 2.75) is 19.4 Å². The summed E-state index contributed by atoms with van der Waals surface area (Å²) in [5, 5.41) is 2.82. The third-order valence-corrected chi connectivity index (χ3v) is 4.97. The van der Waals surface area contributed by atoms with Gasteiger partial charge in [-0.3, -0.25) is 14.4 Å². The Morgan fingerprint density at radius 3 is 2.76 bits per heavy atom. The van der Waals surface area contributed by atoms with E-state index in [1.54, 1.807) is 48.3 Å². The number of carbonyl (C=O) groups is 3. The molecule has 2 aromatic rings. The Kier molecular flexibility index (Phi) is 4.84. The maximum absolute atomic E-state index is 13.1. The number of hydrogen-bond donors (Lipinski definition) is 1. The number of amides is 3. The maximum atomic E-state index is 13.1. The average molecular weight is 395 g/mol. The third kappa shape index (κ3) is 3.61. The molecule has 0 aliphatic carbocycles. The molecule has 8 nitrogen and oxygen atoms in total. The first kappa shape index (κ1) is 18.8. The van der Waals surface area contributed by atoms with Crippen LogP contribution in [0.3, 0.4) is 0 Å². The standard InChI is InChI=1S/C21H21N3O5/c1-13-9-19(25)22-15-5-3-4-6-16(15)24(13)20(26)11-23(2)21(27)14-7-8-17-18(10-14)29-12-28-17/h3-8,10,13H,9,11-12H2,1-2H3,(H,22,25)/t13-/m1/s1. The van der Waals surface area contributed by atoms with Gasteiger partial charge in [0.25, 0.3) is 5.91 Å². The van der Waals surface area contributed by atoms with Gasteiger partial charge in [-0.25, -0.2) is 0 Å². The van der Waals surface area contributed by atoms with Crippen LogP contribution in [0.2, 0.25) is 0 Å². The smallest absolute Gasteiger partial charge is 0.254 e. The summed E-state index contributed by atoms with van der Waals surface area (Å²) in [5.41, 5.74) is 1.62. The van der Waals surface area contributed by atoms with Crippen molar-refractivity contribution in [3.8, 4) is 11.5 Å². The fourth-order valence-electron chi connectivity index (χ4n) is 3.57. The maximum Gasteiger partial charge on any atom is 0.254 e. The Hall–Kier alpha value is -3.55. The van der Waals surface area contributed by atoms with Gasteiger partial charge in [-0.05, 0) is 37.3 Å². The molecular weight excluding hydrogens is 374 g/mol. The summed E-state index contributed by atoms with van der Waals surface area (Å²) in [4.78, 5) is 40.9. The van der Waals surface area contributed by atoms with Gasteiger partial charge in [-0.2, -0.15) is 0 Å². The second-order valence-electron chi connectivity index (χ2n) is 7.11. The highest BCUT2D eigenvalue weighted by Gasteiger charge is 2.31. The lowest BCUT2D eigenvalue weighted by molar-refractivity contribution is -0.119. The molecule has 2 aromatic carbocycles. The predicted molar refractivity (Wildman–Crippen MR) is 106 cm³/mol. The number of para-hydroxylation sites is 2. The van der Waals surface area contributed by atoms with Crippen molar-refractivity contribution in [1.29, 1.82) is 0 Å². The molecule has 1 atom stereocenters. The van der Waals surface area contributed by atoms with Crippen LogP contribution in [-0.2, 0) is 9.59 Å². The lowest BCUT2D eigenvalue weighted by Gasteiger charge is -2.29. The predicted octanol–water partition coefficient (Wildman–Crippen LogP) is 2.25. The zero-order valence-electron chi connectivity index (χ0n) is 16.2. The second-order valence-corrected chi connectivity index (χ2v) is 7.11. The molecule has 29 heavy (non-hydrogen) atoms. The highest BCUT2D eigenvalue weighted by Crippen LogP contribution is 2.33. The number of hydrogen-bond acceptors (Lipinski definition) is 5. The molecule has 2 aliphatic rings. The molecule has 2 heterocycles. The van der Waals surface area contributed by atoms with E-state index in [0.717, 1.165) is 0 Å². The quantitative estimate of drug-likeness (QED) is 0.861. The fourth-order valence-corrected chi connectivity index (χ4v) is 3.57. The fraction of sp³-hybridized carbons (Fsp3) is 0.286. The highest BCUT2D eigenvalue weighted by molar-refractivity contribution is 6.06. The van der Waals surface area contributed by atoms with E-state index in [1.165, 1.54) is 4.90 Å². The molecule has 0 aromatic heterocycles. The number of carbonyl (C=O) groups excluding carboxylic acids is 3. The molecule has 2 aliphatic heterocycles.